The van der Waals surface area contributed by atoms with E-state index in [4.69, 9.17) is 5.11 Å². The molecular weight excluding hydrogens is 286 g/mol. The van der Waals surface area contributed by atoms with Crippen molar-refractivity contribution in [2.75, 3.05) is 5.75 Å². The van der Waals surface area contributed by atoms with Gasteiger partial charge in [-0.3, -0.25) is 4.79 Å². The Labute approximate surface area is 130 Å². The lowest BCUT2D eigenvalue weighted by molar-refractivity contribution is -0.119. The summed E-state index contributed by atoms with van der Waals surface area (Å²) in [5.74, 6) is -0.779. The maximum atomic E-state index is 11.9. The standard InChI is InChI=1S/C16H23NO3S/c1-3-4-5-8-12(2)17-15(18)11-21-14-10-7-6-9-13(14)16(19)20/h6-7,9-10,12H,3-5,8,11H2,1-2H3,(H,17,18)(H,19,20). The number of amides is 1. The molecule has 1 aromatic carbocycles. The second kappa shape index (κ2) is 9.45. The first-order valence-corrected chi connectivity index (χ1v) is 8.27. The minimum Gasteiger partial charge on any atom is -0.478 e. The fourth-order valence-electron chi connectivity index (χ4n) is 2.00. The Kier molecular flexibility index (Phi) is 7.90. The molecule has 5 heteroatoms. The van der Waals surface area contributed by atoms with Crippen molar-refractivity contribution in [3.63, 3.8) is 0 Å². The van der Waals surface area contributed by atoms with Crippen molar-refractivity contribution in [2.45, 2.75) is 50.5 Å². The molecule has 0 aromatic heterocycles. The summed E-state index contributed by atoms with van der Waals surface area (Å²) < 4.78 is 0. The molecule has 0 aliphatic rings. The number of unbranched alkanes of at least 4 members (excludes halogenated alkanes) is 2. The minimum atomic E-state index is -0.966. The molecule has 0 saturated heterocycles. The van der Waals surface area contributed by atoms with Gasteiger partial charge in [0.2, 0.25) is 5.91 Å². The predicted molar refractivity (Wildman–Crippen MR) is 85.9 cm³/mol. The molecule has 0 fully saturated rings. The molecule has 0 aliphatic heterocycles. The van der Waals surface area contributed by atoms with E-state index < -0.39 is 5.97 Å². The van der Waals surface area contributed by atoms with Gasteiger partial charge in [0.15, 0.2) is 0 Å². The van der Waals surface area contributed by atoms with E-state index in [1.54, 1.807) is 24.3 Å². The summed E-state index contributed by atoms with van der Waals surface area (Å²) in [6.07, 6.45) is 4.45. The molecule has 0 spiro atoms. The predicted octanol–water partition coefficient (Wildman–Crippen LogP) is 3.56. The smallest absolute Gasteiger partial charge is 0.336 e. The molecule has 1 aromatic rings. The molecule has 0 aliphatic carbocycles. The van der Waals surface area contributed by atoms with E-state index in [1.807, 2.05) is 6.92 Å². The molecule has 0 saturated carbocycles. The summed E-state index contributed by atoms with van der Waals surface area (Å²) in [5, 5.41) is 12.0. The number of rotatable bonds is 9. The fourth-order valence-corrected chi connectivity index (χ4v) is 2.86. The topological polar surface area (TPSA) is 66.4 Å². The van der Waals surface area contributed by atoms with E-state index in [9.17, 15) is 9.59 Å². The fraction of sp³-hybridized carbons (Fsp3) is 0.500. The number of hydrogen-bond donors (Lipinski definition) is 2. The van der Waals surface area contributed by atoms with Crippen LogP contribution in [0.4, 0.5) is 0 Å². The first-order valence-electron chi connectivity index (χ1n) is 7.29. The largest absolute Gasteiger partial charge is 0.478 e. The van der Waals surface area contributed by atoms with Gasteiger partial charge in [-0.25, -0.2) is 4.79 Å². The average Bonchev–Trinajstić information content (AvgIpc) is 2.45. The van der Waals surface area contributed by atoms with Crippen LogP contribution in [0.2, 0.25) is 0 Å². The number of carboxylic acid groups (broad SMARTS) is 1. The third-order valence-corrected chi connectivity index (χ3v) is 4.20. The van der Waals surface area contributed by atoms with Crippen LogP contribution in [0.5, 0.6) is 0 Å². The first-order chi connectivity index (χ1) is 10.0. The Morgan fingerprint density at radius 3 is 2.67 bits per heavy atom. The molecule has 0 bridgehead atoms. The van der Waals surface area contributed by atoms with Crippen molar-refractivity contribution < 1.29 is 14.7 Å². The lowest BCUT2D eigenvalue weighted by atomic mass is 10.1. The maximum Gasteiger partial charge on any atom is 0.336 e. The average molecular weight is 309 g/mol. The maximum absolute atomic E-state index is 11.9. The van der Waals surface area contributed by atoms with Crippen LogP contribution in [0.15, 0.2) is 29.2 Å². The molecular formula is C16H23NO3S. The molecule has 2 N–H and O–H groups in total. The van der Waals surface area contributed by atoms with Gasteiger partial charge in [-0.2, -0.15) is 0 Å². The van der Waals surface area contributed by atoms with Crippen molar-refractivity contribution in [1.29, 1.82) is 0 Å². The van der Waals surface area contributed by atoms with E-state index in [1.165, 1.54) is 24.6 Å². The van der Waals surface area contributed by atoms with Gasteiger partial charge >= 0.3 is 5.97 Å². The van der Waals surface area contributed by atoms with Crippen LogP contribution in [0, 0.1) is 0 Å². The van der Waals surface area contributed by atoms with E-state index >= 15 is 0 Å². The second-order valence-electron chi connectivity index (χ2n) is 5.05. The minimum absolute atomic E-state index is 0.0517. The normalized spacial score (nSPS) is 11.9. The highest BCUT2D eigenvalue weighted by Crippen LogP contribution is 2.22. The Morgan fingerprint density at radius 1 is 1.29 bits per heavy atom. The number of nitrogens with one attached hydrogen (secondary N) is 1. The highest BCUT2D eigenvalue weighted by atomic mass is 32.2. The van der Waals surface area contributed by atoms with Crippen molar-refractivity contribution in [3.8, 4) is 0 Å². The molecule has 21 heavy (non-hydrogen) atoms. The molecule has 1 unspecified atom stereocenters. The number of hydrogen-bond acceptors (Lipinski definition) is 3. The van der Waals surface area contributed by atoms with E-state index in [0.717, 1.165) is 12.8 Å². The lowest BCUT2D eigenvalue weighted by Crippen LogP contribution is -2.33. The molecule has 1 atom stereocenters. The molecule has 0 radical (unpaired) electrons. The van der Waals surface area contributed by atoms with Crippen LogP contribution in [0.25, 0.3) is 0 Å². The monoisotopic (exact) mass is 309 g/mol. The number of aromatic carboxylic acids is 1. The number of carboxylic acids is 1. The number of carbonyl (C=O) groups excluding carboxylic acids is 1. The summed E-state index contributed by atoms with van der Waals surface area (Å²) in [5.41, 5.74) is 0.242. The third kappa shape index (κ3) is 6.67. The van der Waals surface area contributed by atoms with E-state index in [0.29, 0.717) is 4.90 Å². The number of carbonyl (C=O) groups is 2. The van der Waals surface area contributed by atoms with Gasteiger partial charge in [-0.1, -0.05) is 38.3 Å². The van der Waals surface area contributed by atoms with Crippen molar-refractivity contribution in [3.05, 3.63) is 29.8 Å². The van der Waals surface area contributed by atoms with E-state index in [2.05, 4.69) is 12.2 Å². The quantitative estimate of drug-likeness (QED) is 0.540. The molecule has 4 nitrogen and oxygen atoms in total. The van der Waals surface area contributed by atoms with Crippen LogP contribution in [0.3, 0.4) is 0 Å². The first kappa shape index (κ1) is 17.6. The van der Waals surface area contributed by atoms with Crippen molar-refractivity contribution >= 4 is 23.6 Å². The van der Waals surface area contributed by atoms with Gasteiger partial charge < -0.3 is 10.4 Å². The zero-order chi connectivity index (χ0) is 15.7. The summed E-state index contributed by atoms with van der Waals surface area (Å²) in [4.78, 5) is 23.6. The Balaban J connectivity index is 2.41. The van der Waals surface area contributed by atoms with Gasteiger partial charge in [0.05, 0.1) is 11.3 Å². The highest BCUT2D eigenvalue weighted by molar-refractivity contribution is 8.00. The molecule has 116 valence electrons. The molecule has 1 amide bonds. The SMILES string of the molecule is CCCCCC(C)NC(=O)CSc1ccccc1C(=O)O. The summed E-state index contributed by atoms with van der Waals surface area (Å²) >= 11 is 1.26. The van der Waals surface area contributed by atoms with Gasteiger partial charge in [0, 0.05) is 10.9 Å². The van der Waals surface area contributed by atoms with Crippen molar-refractivity contribution in [2.24, 2.45) is 0 Å². The number of benzene rings is 1. The second-order valence-corrected chi connectivity index (χ2v) is 6.07. The zero-order valence-corrected chi connectivity index (χ0v) is 13.4. The van der Waals surface area contributed by atoms with E-state index in [-0.39, 0.29) is 23.3 Å². The lowest BCUT2D eigenvalue weighted by Gasteiger charge is -2.13. The molecule has 0 heterocycles. The van der Waals surface area contributed by atoms with Crippen LogP contribution in [-0.4, -0.2) is 28.8 Å². The summed E-state index contributed by atoms with van der Waals surface area (Å²) in [6.45, 7) is 4.16. The Hall–Kier alpha value is -1.49. The Morgan fingerprint density at radius 2 is 2.00 bits per heavy atom. The number of thioether (sulfide) groups is 1. The van der Waals surface area contributed by atoms with Crippen LogP contribution in [-0.2, 0) is 4.79 Å². The molecule has 1 rings (SSSR count). The van der Waals surface area contributed by atoms with Crippen LogP contribution >= 0.6 is 11.8 Å². The van der Waals surface area contributed by atoms with Gasteiger partial charge in [-0.15, -0.1) is 11.8 Å². The summed E-state index contributed by atoms with van der Waals surface area (Å²) in [6, 6.07) is 6.91. The van der Waals surface area contributed by atoms with Gasteiger partial charge in [0.25, 0.3) is 0 Å². The van der Waals surface area contributed by atoms with Crippen LogP contribution < -0.4 is 5.32 Å². The van der Waals surface area contributed by atoms with Gasteiger partial charge in [0.1, 0.15) is 0 Å². The highest BCUT2D eigenvalue weighted by Gasteiger charge is 2.12. The zero-order valence-electron chi connectivity index (χ0n) is 12.6. The van der Waals surface area contributed by atoms with Crippen molar-refractivity contribution in [1.82, 2.24) is 5.32 Å². The van der Waals surface area contributed by atoms with Crippen LogP contribution in [0.1, 0.15) is 49.9 Å². The third-order valence-electron chi connectivity index (χ3n) is 3.12. The summed E-state index contributed by atoms with van der Waals surface area (Å²) in [7, 11) is 0. The van der Waals surface area contributed by atoms with Gasteiger partial charge in [-0.05, 0) is 25.5 Å². The Bertz CT molecular complexity index is 476.